The van der Waals surface area contributed by atoms with Gasteiger partial charge in [-0.3, -0.25) is 9.10 Å². The third-order valence-corrected chi connectivity index (χ3v) is 7.13. The standard InChI is InChI=1S/C18H18Cl4N2O3S2/c1-29(26,27)24(17-9-15(21)14(20)8-16(17)22)10-18(25)23-6-7-28-11-12-2-4-13(19)5-3-12/h2-5,8-9H,6-7,10-11H2,1H3,(H,23,25). The molecule has 0 radical (unpaired) electrons. The summed E-state index contributed by atoms with van der Waals surface area (Å²) in [6.45, 7) is -0.0256. The van der Waals surface area contributed by atoms with Gasteiger partial charge < -0.3 is 5.32 Å². The number of nitrogens with one attached hydrogen (secondary N) is 1. The Morgan fingerprint density at radius 1 is 1.03 bits per heavy atom. The Hall–Kier alpha value is -0.830. The second kappa shape index (κ2) is 11.0. The van der Waals surface area contributed by atoms with Crippen molar-refractivity contribution in [1.29, 1.82) is 0 Å². The van der Waals surface area contributed by atoms with E-state index in [4.69, 9.17) is 46.4 Å². The van der Waals surface area contributed by atoms with Gasteiger partial charge in [-0.1, -0.05) is 58.5 Å². The van der Waals surface area contributed by atoms with Crippen molar-refractivity contribution in [2.75, 3.05) is 29.4 Å². The molecule has 5 nitrogen and oxygen atoms in total. The van der Waals surface area contributed by atoms with E-state index in [2.05, 4.69) is 5.32 Å². The van der Waals surface area contributed by atoms with E-state index in [1.807, 2.05) is 24.3 Å². The molecule has 0 spiro atoms. The van der Waals surface area contributed by atoms with Gasteiger partial charge in [-0.15, -0.1) is 0 Å². The Morgan fingerprint density at radius 3 is 2.28 bits per heavy atom. The first-order valence-corrected chi connectivity index (χ1v) is 12.8. The van der Waals surface area contributed by atoms with Gasteiger partial charge in [0.15, 0.2) is 0 Å². The molecule has 2 aromatic rings. The summed E-state index contributed by atoms with van der Waals surface area (Å²) in [5.41, 5.74) is 1.22. The number of carbonyl (C=O) groups excluding carboxylic acids is 1. The molecule has 1 N–H and O–H groups in total. The highest BCUT2D eigenvalue weighted by molar-refractivity contribution is 7.98. The van der Waals surface area contributed by atoms with Crippen LogP contribution in [-0.2, 0) is 20.6 Å². The largest absolute Gasteiger partial charge is 0.354 e. The first-order valence-electron chi connectivity index (χ1n) is 8.29. The maximum absolute atomic E-state index is 12.3. The van der Waals surface area contributed by atoms with E-state index in [1.54, 1.807) is 11.8 Å². The molecule has 0 aliphatic rings. The third-order valence-electron chi connectivity index (χ3n) is 3.70. The highest BCUT2D eigenvalue weighted by Crippen LogP contribution is 2.35. The van der Waals surface area contributed by atoms with Gasteiger partial charge in [-0.05, 0) is 29.8 Å². The van der Waals surface area contributed by atoms with E-state index in [1.165, 1.54) is 12.1 Å². The van der Waals surface area contributed by atoms with Crippen LogP contribution in [0.25, 0.3) is 0 Å². The minimum Gasteiger partial charge on any atom is -0.354 e. The van der Waals surface area contributed by atoms with Crippen LogP contribution in [-0.4, -0.2) is 39.4 Å². The van der Waals surface area contributed by atoms with Crippen LogP contribution in [0.1, 0.15) is 5.56 Å². The van der Waals surface area contributed by atoms with E-state index in [-0.39, 0.29) is 20.8 Å². The lowest BCUT2D eigenvalue weighted by atomic mass is 10.2. The fourth-order valence-corrected chi connectivity index (χ4v) is 4.80. The number of amides is 1. The number of thioether (sulfide) groups is 1. The first-order chi connectivity index (χ1) is 13.6. The molecule has 0 atom stereocenters. The van der Waals surface area contributed by atoms with Gasteiger partial charge in [0.1, 0.15) is 6.54 Å². The van der Waals surface area contributed by atoms with Crippen LogP contribution in [0.3, 0.4) is 0 Å². The number of sulfonamides is 1. The molecule has 0 aliphatic heterocycles. The van der Waals surface area contributed by atoms with Gasteiger partial charge in [0, 0.05) is 23.1 Å². The number of halogens is 4. The number of rotatable bonds is 9. The van der Waals surface area contributed by atoms with Crippen molar-refractivity contribution >= 4 is 79.8 Å². The molecule has 0 aromatic heterocycles. The zero-order valence-corrected chi connectivity index (χ0v) is 19.9. The zero-order chi connectivity index (χ0) is 21.6. The Bertz CT molecular complexity index is 970. The van der Waals surface area contributed by atoms with E-state index < -0.39 is 22.5 Å². The Morgan fingerprint density at radius 2 is 1.66 bits per heavy atom. The summed E-state index contributed by atoms with van der Waals surface area (Å²) in [7, 11) is -3.77. The van der Waals surface area contributed by atoms with Gasteiger partial charge >= 0.3 is 0 Å². The Kier molecular flexibility index (Phi) is 9.25. The lowest BCUT2D eigenvalue weighted by Gasteiger charge is -2.23. The van der Waals surface area contributed by atoms with E-state index >= 15 is 0 Å². The van der Waals surface area contributed by atoms with Gasteiger partial charge in [0.25, 0.3) is 0 Å². The quantitative estimate of drug-likeness (QED) is 0.372. The summed E-state index contributed by atoms with van der Waals surface area (Å²) in [5.74, 6) is 0.993. The maximum atomic E-state index is 12.3. The molecule has 0 aliphatic carbocycles. The molecule has 0 fully saturated rings. The second-order valence-electron chi connectivity index (χ2n) is 6.02. The summed E-state index contributed by atoms with van der Waals surface area (Å²) in [4.78, 5) is 12.3. The van der Waals surface area contributed by atoms with Gasteiger partial charge in [-0.25, -0.2) is 8.42 Å². The van der Waals surface area contributed by atoms with Crippen molar-refractivity contribution in [3.05, 3.63) is 62.1 Å². The molecule has 0 heterocycles. The zero-order valence-electron chi connectivity index (χ0n) is 15.3. The fraction of sp³-hybridized carbons (Fsp3) is 0.278. The lowest BCUT2D eigenvalue weighted by Crippen LogP contribution is -2.41. The van der Waals surface area contributed by atoms with Crippen LogP contribution in [0.5, 0.6) is 0 Å². The molecule has 11 heteroatoms. The summed E-state index contributed by atoms with van der Waals surface area (Å²) in [5, 5.41) is 3.80. The number of benzene rings is 2. The lowest BCUT2D eigenvalue weighted by molar-refractivity contribution is -0.119. The normalized spacial score (nSPS) is 11.3. The van der Waals surface area contributed by atoms with Gasteiger partial charge in [-0.2, -0.15) is 11.8 Å². The molecule has 0 unspecified atom stereocenters. The molecule has 2 aromatic carbocycles. The minimum atomic E-state index is -3.77. The molecular weight excluding hydrogens is 498 g/mol. The van der Waals surface area contributed by atoms with Crippen LogP contribution >= 0.6 is 58.2 Å². The third kappa shape index (κ3) is 7.74. The summed E-state index contributed by atoms with van der Waals surface area (Å²) in [6.07, 6.45) is 0.987. The smallest absolute Gasteiger partial charge is 0.240 e. The van der Waals surface area contributed by atoms with Crippen molar-refractivity contribution < 1.29 is 13.2 Å². The number of hydrogen-bond donors (Lipinski definition) is 1. The van der Waals surface area contributed by atoms with Crippen molar-refractivity contribution in [3.63, 3.8) is 0 Å². The summed E-state index contributed by atoms with van der Waals surface area (Å²) >= 11 is 25.5. The first kappa shape index (κ1) is 24.4. The number of carbonyl (C=O) groups is 1. The SMILES string of the molecule is CS(=O)(=O)N(CC(=O)NCCSCc1ccc(Cl)cc1)c1cc(Cl)c(Cl)cc1Cl. The molecule has 0 bridgehead atoms. The van der Waals surface area contributed by atoms with Gasteiger partial charge in [0.2, 0.25) is 15.9 Å². The van der Waals surface area contributed by atoms with Crippen molar-refractivity contribution in [2.45, 2.75) is 5.75 Å². The molecule has 0 saturated heterocycles. The van der Waals surface area contributed by atoms with Crippen LogP contribution in [0, 0.1) is 0 Å². The second-order valence-corrected chi connectivity index (χ2v) is 10.7. The fourth-order valence-electron chi connectivity index (χ4n) is 2.30. The van der Waals surface area contributed by atoms with Crippen molar-refractivity contribution in [1.82, 2.24) is 5.32 Å². The molecule has 29 heavy (non-hydrogen) atoms. The molecule has 158 valence electrons. The van der Waals surface area contributed by atoms with E-state index in [0.29, 0.717) is 17.3 Å². The molecule has 1 amide bonds. The van der Waals surface area contributed by atoms with Crippen LogP contribution in [0.4, 0.5) is 5.69 Å². The number of nitrogens with zero attached hydrogens (tertiary/aromatic N) is 1. The summed E-state index contributed by atoms with van der Waals surface area (Å²) < 4.78 is 25.2. The number of anilines is 1. The molecular formula is C18H18Cl4N2O3S2. The van der Waals surface area contributed by atoms with Crippen LogP contribution in [0.15, 0.2) is 36.4 Å². The minimum absolute atomic E-state index is 0.0798. The molecule has 2 rings (SSSR count). The highest BCUT2D eigenvalue weighted by Gasteiger charge is 2.24. The maximum Gasteiger partial charge on any atom is 0.240 e. The average molecular weight is 516 g/mol. The monoisotopic (exact) mass is 514 g/mol. The molecule has 0 saturated carbocycles. The average Bonchev–Trinajstić information content (AvgIpc) is 2.63. The predicted octanol–water partition coefficient (Wildman–Crippen LogP) is 5.12. The van der Waals surface area contributed by atoms with Crippen molar-refractivity contribution in [3.8, 4) is 0 Å². The van der Waals surface area contributed by atoms with E-state index in [9.17, 15) is 13.2 Å². The summed E-state index contributed by atoms with van der Waals surface area (Å²) in [6, 6.07) is 10.2. The Labute approximate surface area is 194 Å². The van der Waals surface area contributed by atoms with Crippen molar-refractivity contribution in [2.24, 2.45) is 0 Å². The number of hydrogen-bond acceptors (Lipinski definition) is 4. The predicted molar refractivity (Wildman–Crippen MR) is 124 cm³/mol. The van der Waals surface area contributed by atoms with Gasteiger partial charge in [0.05, 0.1) is 27.0 Å². The van der Waals surface area contributed by atoms with Crippen LogP contribution in [0.2, 0.25) is 20.1 Å². The highest BCUT2D eigenvalue weighted by atomic mass is 35.5. The van der Waals surface area contributed by atoms with Crippen LogP contribution < -0.4 is 9.62 Å². The Balaban J connectivity index is 1.90. The van der Waals surface area contributed by atoms with E-state index in [0.717, 1.165) is 21.9 Å². The topological polar surface area (TPSA) is 66.5 Å².